The number of hydrogen-bond donors (Lipinski definition) is 4. The van der Waals surface area contributed by atoms with Crippen molar-refractivity contribution in [1.82, 2.24) is 15.0 Å². The average molecular weight is 1200 g/mol. The van der Waals surface area contributed by atoms with Crippen LogP contribution < -0.4 is 29.9 Å². The summed E-state index contributed by atoms with van der Waals surface area (Å²) in [4.78, 5) is 38.4. The van der Waals surface area contributed by atoms with Crippen molar-refractivity contribution in [3.05, 3.63) is 212 Å². The zero-order valence-corrected chi connectivity index (χ0v) is 47.5. The van der Waals surface area contributed by atoms with E-state index in [4.69, 9.17) is 92.3 Å². The van der Waals surface area contributed by atoms with Crippen LogP contribution in [0, 0.1) is 13.1 Å². The standard InChI is InChI=1S/C20H18ClN3O2.C20H16ClN3O.C11H12N2O.C9H5Cl2N.H2O4S/c21-14-6-7-17-13(11-14)5-8-19(23-17)26-15-9-10-24(12-15)18-4-2-1-3-16(18)20(22)25;1-22-18-4-2-3-5-19(18)24-11-10-16(13-24)25-20-9-6-14-12-15(21)7-8-17(14)23-20;1-12-10-4-2-3-5-11(10)13-7-6-9(14)8-13;10-7-2-3-8-6(5-7)1-4-9(11)12-8;1-5(2,3)4/h1-8,11,15H,9-10,12H2,(H2,22,25);2-9,12,16H,10-11,13H2;2-5,9,14H,6-8H2;1-5H;(H2,1,2,3,4)/t15-;16-;9-;;/m000../s1. The van der Waals surface area contributed by atoms with Crippen LogP contribution in [0.2, 0.25) is 20.2 Å². The number of anilines is 3. The minimum atomic E-state index is -4.67. The lowest BCUT2D eigenvalue weighted by Crippen LogP contribution is -2.27. The van der Waals surface area contributed by atoms with Gasteiger partial charge in [0.2, 0.25) is 23.1 Å². The van der Waals surface area contributed by atoms with Crippen LogP contribution in [-0.4, -0.2) is 101 Å². The number of halogens is 4. The number of aromatic nitrogens is 3. The number of nitrogens with two attached hydrogens (primary N) is 1. The maximum atomic E-state index is 11.6. The molecule has 0 unspecified atom stereocenters. The Hall–Kier alpha value is -8.01. The Balaban J connectivity index is 0.000000145. The van der Waals surface area contributed by atoms with Gasteiger partial charge in [-0.15, -0.1) is 0 Å². The van der Waals surface area contributed by atoms with Gasteiger partial charge in [-0.3, -0.25) is 13.9 Å². The van der Waals surface area contributed by atoms with E-state index < -0.39 is 16.3 Å². The van der Waals surface area contributed by atoms with Crippen molar-refractivity contribution >= 4 is 124 Å². The van der Waals surface area contributed by atoms with Crippen LogP contribution in [0.15, 0.2) is 164 Å². The number of benzene rings is 6. The van der Waals surface area contributed by atoms with Gasteiger partial charge in [-0.25, -0.2) is 24.6 Å². The molecule has 3 atom stereocenters. The minimum Gasteiger partial charge on any atom is -0.472 e. The first-order valence-electron chi connectivity index (χ1n) is 25.5. The third kappa shape index (κ3) is 17.0. The van der Waals surface area contributed by atoms with E-state index in [-0.39, 0.29) is 18.3 Å². The summed E-state index contributed by atoms with van der Waals surface area (Å²) in [6.45, 7) is 19.0. The molecule has 82 heavy (non-hydrogen) atoms. The molecule has 3 fully saturated rings. The quantitative estimate of drug-likeness (QED) is 0.0633. The number of ether oxygens (including phenoxy) is 2. The Labute approximate surface area is 494 Å². The maximum absolute atomic E-state index is 11.6. The fourth-order valence-corrected chi connectivity index (χ4v) is 10.1. The molecule has 3 aliphatic rings. The van der Waals surface area contributed by atoms with Crippen molar-refractivity contribution in [2.24, 2.45) is 5.73 Å². The van der Waals surface area contributed by atoms with Crippen LogP contribution in [-0.2, 0) is 10.4 Å². The Kier molecular flexibility index (Phi) is 20.6. The van der Waals surface area contributed by atoms with Crippen LogP contribution in [0.3, 0.4) is 0 Å². The average Bonchev–Trinajstić information content (AvgIpc) is 4.42. The number of nitrogens with zero attached hydrogens (tertiary/aromatic N) is 8. The number of carbonyl (C=O) groups is 1. The Morgan fingerprint density at radius 3 is 1.37 bits per heavy atom. The molecule has 5 N–H and O–H groups in total. The molecule has 0 aliphatic carbocycles. The number of carbonyl (C=O) groups excluding carboxylic acids is 1. The fourth-order valence-electron chi connectivity index (χ4n) is 9.36. The number of hydrogen-bond acceptors (Lipinski definition) is 12. The van der Waals surface area contributed by atoms with E-state index in [1.807, 2.05) is 146 Å². The second-order valence-corrected chi connectivity index (χ2v) is 21.4. The third-order valence-corrected chi connectivity index (χ3v) is 14.0. The van der Waals surface area contributed by atoms with Gasteiger partial charge >= 0.3 is 10.4 Å². The highest BCUT2D eigenvalue weighted by Gasteiger charge is 2.28. The van der Waals surface area contributed by atoms with Gasteiger partial charge in [0, 0.05) is 99.4 Å². The number of rotatable bonds is 8. The zero-order chi connectivity index (χ0) is 58.3. The topological polar surface area (TPSA) is 213 Å². The van der Waals surface area contributed by atoms with E-state index in [9.17, 15) is 9.90 Å². The number of β-amino-alcohol motifs (C(OH)–C–C–N with tert-alkyl or cyclic N) is 1. The van der Waals surface area contributed by atoms with Gasteiger partial charge in [-0.05, 0) is 110 Å². The number of fused-ring (bicyclic) bond motifs is 3. The van der Waals surface area contributed by atoms with Gasteiger partial charge in [0.05, 0.1) is 54.5 Å². The predicted molar refractivity (Wildman–Crippen MR) is 325 cm³/mol. The zero-order valence-electron chi connectivity index (χ0n) is 43.6. The molecule has 12 rings (SSSR count). The van der Waals surface area contributed by atoms with Crippen molar-refractivity contribution in [3.8, 4) is 11.8 Å². The molecule has 1 amide bonds. The van der Waals surface area contributed by atoms with E-state index >= 15 is 0 Å². The maximum Gasteiger partial charge on any atom is 0.394 e. The first-order chi connectivity index (χ1) is 39.4. The van der Waals surface area contributed by atoms with Crippen LogP contribution in [0.1, 0.15) is 29.6 Å². The number of para-hydroxylation sites is 5. The Bertz CT molecular complexity index is 3880. The molecular weight excluding hydrogens is 1150 g/mol. The molecule has 420 valence electrons. The molecule has 0 spiro atoms. The van der Waals surface area contributed by atoms with Crippen LogP contribution >= 0.6 is 46.4 Å². The highest BCUT2D eigenvalue weighted by atomic mass is 35.5. The number of aliphatic hydroxyl groups is 1. The van der Waals surface area contributed by atoms with Gasteiger partial charge < -0.3 is 35.0 Å². The van der Waals surface area contributed by atoms with Gasteiger partial charge in [-0.1, -0.05) is 94.9 Å². The van der Waals surface area contributed by atoms with Crippen LogP contribution in [0.5, 0.6) is 11.8 Å². The molecule has 22 heteroatoms. The molecule has 9 aromatic rings. The summed E-state index contributed by atoms with van der Waals surface area (Å²) in [5.74, 6) is 0.801. The van der Waals surface area contributed by atoms with Crippen molar-refractivity contribution in [3.63, 3.8) is 0 Å². The first kappa shape index (κ1) is 60.1. The molecule has 17 nitrogen and oxygen atoms in total. The molecule has 3 aromatic heterocycles. The van der Waals surface area contributed by atoms with Crippen molar-refractivity contribution in [2.45, 2.75) is 37.6 Å². The third-order valence-electron chi connectivity index (χ3n) is 13.1. The first-order valence-corrected chi connectivity index (χ1v) is 28.4. The van der Waals surface area contributed by atoms with Crippen LogP contribution in [0.4, 0.5) is 28.4 Å². The largest absolute Gasteiger partial charge is 0.472 e. The molecular formula is C60H53Cl4N9O8S. The van der Waals surface area contributed by atoms with Crippen LogP contribution in [0.25, 0.3) is 42.4 Å². The van der Waals surface area contributed by atoms with Gasteiger partial charge in [0.25, 0.3) is 5.91 Å². The summed E-state index contributed by atoms with van der Waals surface area (Å²) in [6, 6.07) is 50.7. The summed E-state index contributed by atoms with van der Waals surface area (Å²) in [6.07, 6.45) is 2.39. The van der Waals surface area contributed by atoms with Crippen molar-refractivity contribution in [1.29, 1.82) is 0 Å². The molecule has 3 aliphatic heterocycles. The SMILES string of the molecule is Clc1ccc2nc(Cl)ccc2c1.NC(=O)c1ccccc1N1CC[C@H](Oc2ccc3cc(Cl)ccc3n2)C1.O=S(=O)(O)O.[C-]#[N+]c1ccccc1N1CC[C@H](O)C1.[C-]#[N+]c1ccccc1N1CC[C@H](Oc2ccc3cc(Cl)ccc3n2)C1. The number of amides is 1. The fraction of sp³-hybridized carbons (Fsp3) is 0.200. The molecule has 6 heterocycles. The molecule has 3 saturated heterocycles. The summed E-state index contributed by atoms with van der Waals surface area (Å²) in [7, 11) is -4.67. The Morgan fingerprint density at radius 2 is 0.927 bits per heavy atom. The summed E-state index contributed by atoms with van der Waals surface area (Å²) >= 11 is 23.5. The second-order valence-electron chi connectivity index (χ2n) is 18.8. The lowest BCUT2D eigenvalue weighted by atomic mass is 10.1. The second kappa shape index (κ2) is 28.1. The van der Waals surface area contributed by atoms with Crippen molar-refractivity contribution in [2.75, 3.05) is 54.0 Å². The lowest BCUT2D eigenvalue weighted by Gasteiger charge is -2.21. The normalized spacial score (nSPS) is 16.3. The number of primary amides is 1. The van der Waals surface area contributed by atoms with E-state index in [0.717, 1.165) is 95.2 Å². The Morgan fingerprint density at radius 1 is 0.537 bits per heavy atom. The number of aliphatic hydroxyl groups excluding tert-OH is 1. The molecule has 0 saturated carbocycles. The molecule has 6 aromatic carbocycles. The predicted octanol–water partition coefficient (Wildman–Crippen LogP) is 13.4. The summed E-state index contributed by atoms with van der Waals surface area (Å²) in [5.41, 5.74) is 12.7. The van der Waals surface area contributed by atoms with E-state index in [0.29, 0.717) is 62.0 Å². The van der Waals surface area contributed by atoms with E-state index in [1.54, 1.807) is 18.2 Å². The smallest absolute Gasteiger partial charge is 0.394 e. The number of pyridine rings is 3. The highest BCUT2D eigenvalue weighted by molar-refractivity contribution is 7.79. The van der Waals surface area contributed by atoms with Gasteiger partial charge in [0.1, 0.15) is 17.4 Å². The monoisotopic (exact) mass is 1200 g/mol. The van der Waals surface area contributed by atoms with E-state index in [2.05, 4.69) is 39.3 Å². The minimum absolute atomic E-state index is 0.00758. The summed E-state index contributed by atoms with van der Waals surface area (Å²) < 4.78 is 43.7. The molecule has 0 radical (unpaired) electrons. The highest BCUT2D eigenvalue weighted by Crippen LogP contribution is 2.34. The van der Waals surface area contributed by atoms with Gasteiger partial charge in [0.15, 0.2) is 0 Å². The lowest BCUT2D eigenvalue weighted by molar-refractivity contribution is 0.100. The van der Waals surface area contributed by atoms with Gasteiger partial charge in [-0.2, -0.15) is 8.42 Å². The van der Waals surface area contributed by atoms with Crippen molar-refractivity contribution < 1.29 is 36.9 Å². The summed E-state index contributed by atoms with van der Waals surface area (Å²) in [5, 5.41) is 15.0. The molecule has 0 bridgehead atoms. The van der Waals surface area contributed by atoms with E-state index in [1.165, 1.54) is 0 Å².